The van der Waals surface area contributed by atoms with Gasteiger partial charge in [-0.15, -0.1) is 0 Å². The minimum atomic E-state index is -5.04. The number of fused-ring (bicyclic) bond motifs is 2. The van der Waals surface area contributed by atoms with Crippen molar-refractivity contribution in [1.82, 2.24) is 0 Å². The summed E-state index contributed by atoms with van der Waals surface area (Å²) in [6.45, 7) is 0.977. The number of halogens is 6. The second-order valence-electron chi connectivity index (χ2n) is 3.79. The zero-order chi connectivity index (χ0) is 12.4. The summed E-state index contributed by atoms with van der Waals surface area (Å²) in [6, 6.07) is 0. The number of rotatable bonds is 0. The van der Waals surface area contributed by atoms with Gasteiger partial charge in [-0.05, 0) is 13.0 Å². The molecule has 0 amide bonds. The Morgan fingerprint density at radius 1 is 1.12 bits per heavy atom. The molecule has 0 spiro atoms. The molecule has 0 aromatic carbocycles. The van der Waals surface area contributed by atoms with Gasteiger partial charge in [0.25, 0.3) is 0 Å². The fraction of sp³-hybridized carbons (Fsp3) is 0.556. The topological polar surface area (TPSA) is 9.23 Å². The molecule has 0 N–H and O–H groups in total. The highest BCUT2D eigenvalue weighted by Crippen LogP contribution is 2.53. The fourth-order valence-corrected chi connectivity index (χ4v) is 2.06. The van der Waals surface area contributed by atoms with E-state index in [-0.39, 0.29) is 0 Å². The summed E-state index contributed by atoms with van der Waals surface area (Å²) in [5, 5.41) is 0. The standard InChI is InChI=1S/C9H6F6O/c1-7-3-2-4(16-7)5(8(10,11)12)6(7)9(13,14)15/h2-4H,1H3/t4-,7+/m1/s1. The number of hydrogen-bond donors (Lipinski definition) is 0. The lowest BCUT2D eigenvalue weighted by Crippen LogP contribution is -2.33. The highest BCUT2D eigenvalue weighted by Gasteiger charge is 2.61. The molecule has 1 nitrogen and oxygen atoms in total. The maximum absolute atomic E-state index is 12.6. The monoisotopic (exact) mass is 244 g/mol. The molecule has 2 bridgehead atoms. The predicted octanol–water partition coefficient (Wildman–Crippen LogP) is 3.13. The molecule has 0 radical (unpaired) electrons. The second kappa shape index (κ2) is 2.82. The molecule has 0 aromatic rings. The van der Waals surface area contributed by atoms with E-state index >= 15 is 0 Å². The molecule has 2 atom stereocenters. The SMILES string of the molecule is C[C@@]12C=C[C@@H](O1)C(C(F)(F)F)=C2C(F)(F)F. The molecule has 7 heteroatoms. The molecule has 0 saturated carbocycles. The van der Waals surface area contributed by atoms with Crippen LogP contribution >= 0.6 is 0 Å². The van der Waals surface area contributed by atoms with E-state index in [1.807, 2.05) is 0 Å². The Labute approximate surface area is 86.4 Å². The van der Waals surface area contributed by atoms with E-state index in [4.69, 9.17) is 4.74 Å². The van der Waals surface area contributed by atoms with E-state index < -0.39 is 35.2 Å². The molecule has 2 aliphatic rings. The van der Waals surface area contributed by atoms with Crippen LogP contribution in [0, 0.1) is 0 Å². The van der Waals surface area contributed by atoms with Gasteiger partial charge < -0.3 is 4.74 Å². The largest absolute Gasteiger partial charge is 0.416 e. The van der Waals surface area contributed by atoms with Crippen LogP contribution in [-0.4, -0.2) is 24.1 Å². The van der Waals surface area contributed by atoms with Crippen LogP contribution in [0.25, 0.3) is 0 Å². The maximum atomic E-state index is 12.6. The molecule has 90 valence electrons. The van der Waals surface area contributed by atoms with Crippen LogP contribution in [-0.2, 0) is 4.74 Å². The van der Waals surface area contributed by atoms with E-state index in [9.17, 15) is 26.3 Å². The van der Waals surface area contributed by atoms with Gasteiger partial charge in [0.2, 0.25) is 0 Å². The van der Waals surface area contributed by atoms with Crippen LogP contribution in [0.5, 0.6) is 0 Å². The summed E-state index contributed by atoms with van der Waals surface area (Å²) in [5.41, 5.74) is -5.28. The normalized spacial score (nSPS) is 34.1. The molecule has 2 rings (SSSR count). The minimum Gasteiger partial charge on any atom is -0.354 e. The Hall–Kier alpha value is -0.980. The summed E-state index contributed by atoms with van der Waals surface area (Å²) >= 11 is 0. The molecule has 0 unspecified atom stereocenters. The van der Waals surface area contributed by atoms with Gasteiger partial charge in [-0.1, -0.05) is 6.08 Å². The molecule has 0 fully saturated rings. The Morgan fingerprint density at radius 3 is 2.06 bits per heavy atom. The van der Waals surface area contributed by atoms with Crippen molar-refractivity contribution in [2.75, 3.05) is 0 Å². The van der Waals surface area contributed by atoms with Gasteiger partial charge in [-0.25, -0.2) is 0 Å². The average Bonchev–Trinajstić information content (AvgIpc) is 2.52. The van der Waals surface area contributed by atoms with Crippen molar-refractivity contribution in [1.29, 1.82) is 0 Å². The van der Waals surface area contributed by atoms with E-state index in [1.54, 1.807) is 0 Å². The first-order chi connectivity index (χ1) is 7.06. The highest BCUT2D eigenvalue weighted by atomic mass is 19.4. The molecule has 0 saturated heterocycles. The summed E-state index contributed by atoms with van der Waals surface area (Å²) < 4.78 is 79.9. The van der Waals surface area contributed by atoms with Gasteiger partial charge in [0.1, 0.15) is 11.7 Å². The van der Waals surface area contributed by atoms with Gasteiger partial charge >= 0.3 is 12.4 Å². The lowest BCUT2D eigenvalue weighted by Gasteiger charge is -2.24. The van der Waals surface area contributed by atoms with Gasteiger partial charge in [0, 0.05) is 0 Å². The van der Waals surface area contributed by atoms with Crippen LogP contribution in [0.4, 0.5) is 26.3 Å². The van der Waals surface area contributed by atoms with E-state index in [1.165, 1.54) is 0 Å². The van der Waals surface area contributed by atoms with Crippen LogP contribution in [0.15, 0.2) is 23.3 Å². The summed E-state index contributed by atoms with van der Waals surface area (Å²) in [4.78, 5) is 0. The molecule has 0 aromatic heterocycles. The summed E-state index contributed by atoms with van der Waals surface area (Å²) in [7, 11) is 0. The highest BCUT2D eigenvalue weighted by molar-refractivity contribution is 5.48. The minimum absolute atomic E-state index is 0.977. The molecule has 0 aliphatic carbocycles. The van der Waals surface area contributed by atoms with Crippen molar-refractivity contribution in [2.45, 2.75) is 31.0 Å². The van der Waals surface area contributed by atoms with Crippen LogP contribution in [0.3, 0.4) is 0 Å². The van der Waals surface area contributed by atoms with Crippen molar-refractivity contribution < 1.29 is 31.1 Å². The molecule has 16 heavy (non-hydrogen) atoms. The summed E-state index contributed by atoms with van der Waals surface area (Å²) in [5.74, 6) is 0. The Morgan fingerprint density at radius 2 is 1.69 bits per heavy atom. The van der Waals surface area contributed by atoms with E-state index in [0.717, 1.165) is 19.1 Å². The molecular formula is C9H6F6O. The third kappa shape index (κ3) is 1.45. The van der Waals surface area contributed by atoms with Gasteiger partial charge in [-0.3, -0.25) is 0 Å². The van der Waals surface area contributed by atoms with Crippen LogP contribution < -0.4 is 0 Å². The molecule has 2 heterocycles. The average molecular weight is 244 g/mol. The van der Waals surface area contributed by atoms with Crippen LogP contribution in [0.1, 0.15) is 6.92 Å². The van der Waals surface area contributed by atoms with Crippen molar-refractivity contribution in [3.05, 3.63) is 23.3 Å². The predicted molar refractivity (Wildman–Crippen MR) is 41.6 cm³/mol. The Balaban J connectivity index is 2.61. The fourth-order valence-electron chi connectivity index (χ4n) is 2.06. The first-order valence-electron chi connectivity index (χ1n) is 4.32. The number of hydrogen-bond acceptors (Lipinski definition) is 1. The van der Waals surface area contributed by atoms with E-state index in [2.05, 4.69) is 0 Å². The quantitative estimate of drug-likeness (QED) is 0.470. The summed E-state index contributed by atoms with van der Waals surface area (Å²) in [6.07, 6.45) is -9.70. The second-order valence-corrected chi connectivity index (χ2v) is 3.79. The third-order valence-corrected chi connectivity index (χ3v) is 2.60. The Kier molecular flexibility index (Phi) is 2.03. The Bertz CT molecular complexity index is 388. The molecular weight excluding hydrogens is 238 g/mol. The lowest BCUT2D eigenvalue weighted by atomic mass is 9.87. The van der Waals surface area contributed by atoms with Gasteiger partial charge in [-0.2, -0.15) is 26.3 Å². The van der Waals surface area contributed by atoms with Crippen molar-refractivity contribution in [2.24, 2.45) is 0 Å². The maximum Gasteiger partial charge on any atom is 0.416 e. The number of alkyl halides is 6. The zero-order valence-corrected chi connectivity index (χ0v) is 7.91. The molecule has 2 aliphatic heterocycles. The van der Waals surface area contributed by atoms with Crippen molar-refractivity contribution in [3.63, 3.8) is 0 Å². The van der Waals surface area contributed by atoms with Gasteiger partial charge in [0.05, 0.1) is 11.1 Å². The first-order valence-corrected chi connectivity index (χ1v) is 4.32. The van der Waals surface area contributed by atoms with Gasteiger partial charge in [0.15, 0.2) is 0 Å². The van der Waals surface area contributed by atoms with E-state index in [0.29, 0.717) is 0 Å². The van der Waals surface area contributed by atoms with Crippen molar-refractivity contribution in [3.8, 4) is 0 Å². The van der Waals surface area contributed by atoms with Crippen LogP contribution in [0.2, 0.25) is 0 Å². The first kappa shape index (κ1) is 11.5. The zero-order valence-electron chi connectivity index (χ0n) is 7.91. The third-order valence-electron chi connectivity index (χ3n) is 2.60. The number of ether oxygens (including phenoxy) is 1. The smallest absolute Gasteiger partial charge is 0.354 e. The van der Waals surface area contributed by atoms with Crippen molar-refractivity contribution >= 4 is 0 Å². The lowest BCUT2D eigenvalue weighted by molar-refractivity contribution is -0.118.